The lowest BCUT2D eigenvalue weighted by Crippen LogP contribution is -2.46. The molecule has 1 aliphatic rings. The standard InChI is InChI=1S/C27H29ClN10O2/c1-15(21-7-6-8-23(32-21)36(3)4)31-25(39)16(2)38-14-18-10-9-17(11-19(18)26(38)40)24-20(28)12-29-27(34-24)33-22-13-30-37(5)35-22/h6-13,15-16H,14H2,1-5H3,(H,31,39)(H,29,33,34,35). The predicted octanol–water partition coefficient (Wildman–Crippen LogP) is 3.35. The summed E-state index contributed by atoms with van der Waals surface area (Å²) >= 11 is 6.43. The highest BCUT2D eigenvalue weighted by atomic mass is 35.5. The van der Waals surface area contributed by atoms with E-state index in [-0.39, 0.29) is 17.9 Å². The first-order chi connectivity index (χ1) is 19.1. The van der Waals surface area contributed by atoms with Crippen LogP contribution in [0.15, 0.2) is 48.8 Å². The summed E-state index contributed by atoms with van der Waals surface area (Å²) in [4.78, 5) is 44.8. The number of aryl methyl sites for hydroxylation is 1. The van der Waals surface area contributed by atoms with E-state index in [1.165, 1.54) is 11.0 Å². The number of benzene rings is 1. The highest BCUT2D eigenvalue weighted by Crippen LogP contribution is 2.32. The molecule has 40 heavy (non-hydrogen) atoms. The van der Waals surface area contributed by atoms with Gasteiger partial charge in [0, 0.05) is 38.8 Å². The SMILES string of the molecule is CC(NC(=O)C(C)N1Cc2ccc(-c3nc(Nc4cnn(C)n4)ncc3Cl)cc2C1=O)c1cccc(N(C)C)n1. The van der Waals surface area contributed by atoms with Crippen LogP contribution in [0, 0.1) is 0 Å². The molecule has 2 amide bonds. The maximum atomic E-state index is 13.4. The molecule has 0 aliphatic carbocycles. The molecule has 0 bridgehead atoms. The largest absolute Gasteiger partial charge is 0.363 e. The Labute approximate surface area is 236 Å². The van der Waals surface area contributed by atoms with Crippen molar-refractivity contribution in [3.63, 3.8) is 0 Å². The summed E-state index contributed by atoms with van der Waals surface area (Å²) in [5, 5.41) is 14.5. The average molecular weight is 561 g/mol. The van der Waals surface area contributed by atoms with E-state index in [1.807, 2.05) is 56.3 Å². The molecule has 1 aromatic carbocycles. The Morgan fingerprint density at radius 3 is 2.65 bits per heavy atom. The zero-order chi connectivity index (χ0) is 28.6. The summed E-state index contributed by atoms with van der Waals surface area (Å²) in [5.74, 6) is 1.08. The Morgan fingerprint density at radius 1 is 1.12 bits per heavy atom. The number of pyridine rings is 1. The Balaban J connectivity index is 1.31. The van der Waals surface area contributed by atoms with Crippen molar-refractivity contribution in [3.05, 3.63) is 70.6 Å². The first kappa shape index (κ1) is 27.0. The van der Waals surface area contributed by atoms with Crippen molar-refractivity contribution >= 4 is 41.0 Å². The number of nitrogens with one attached hydrogen (secondary N) is 2. The van der Waals surface area contributed by atoms with Gasteiger partial charge in [0.15, 0.2) is 5.82 Å². The molecule has 1 aliphatic heterocycles. The van der Waals surface area contributed by atoms with Crippen LogP contribution in [0.25, 0.3) is 11.3 Å². The molecule has 0 fully saturated rings. The van der Waals surface area contributed by atoms with Crippen LogP contribution in [-0.2, 0) is 18.4 Å². The number of nitrogens with zero attached hydrogens (tertiary/aromatic N) is 8. The van der Waals surface area contributed by atoms with Crippen LogP contribution in [0.2, 0.25) is 5.02 Å². The summed E-state index contributed by atoms with van der Waals surface area (Å²) in [6.45, 7) is 3.92. The summed E-state index contributed by atoms with van der Waals surface area (Å²) in [6, 6.07) is 10.1. The quantitative estimate of drug-likeness (QED) is 0.332. The number of halogens is 1. The molecule has 0 spiro atoms. The number of hydrogen-bond donors (Lipinski definition) is 2. The first-order valence-electron chi connectivity index (χ1n) is 12.7. The number of carbonyl (C=O) groups excluding carboxylic acids is 2. The molecule has 12 nitrogen and oxygen atoms in total. The summed E-state index contributed by atoms with van der Waals surface area (Å²) in [5.41, 5.74) is 3.18. The molecule has 2 atom stereocenters. The molecule has 4 heterocycles. The third kappa shape index (κ3) is 5.43. The monoisotopic (exact) mass is 560 g/mol. The van der Waals surface area contributed by atoms with Gasteiger partial charge in [-0.25, -0.2) is 15.0 Å². The fraction of sp³-hybridized carbons (Fsp3) is 0.296. The molecule has 2 N–H and O–H groups in total. The minimum atomic E-state index is -0.687. The summed E-state index contributed by atoms with van der Waals surface area (Å²) < 4.78 is 0. The molecule has 0 radical (unpaired) electrons. The lowest BCUT2D eigenvalue weighted by molar-refractivity contribution is -0.125. The van der Waals surface area contributed by atoms with Crippen LogP contribution in [-0.4, -0.2) is 66.8 Å². The van der Waals surface area contributed by atoms with Gasteiger partial charge in [0.25, 0.3) is 5.91 Å². The van der Waals surface area contributed by atoms with Crippen LogP contribution < -0.4 is 15.5 Å². The maximum Gasteiger partial charge on any atom is 0.255 e. The molecule has 0 saturated heterocycles. The highest BCUT2D eigenvalue weighted by Gasteiger charge is 2.34. The van der Waals surface area contributed by atoms with Gasteiger partial charge in [-0.05, 0) is 37.6 Å². The van der Waals surface area contributed by atoms with Crippen molar-refractivity contribution in [3.8, 4) is 11.3 Å². The minimum absolute atomic E-state index is 0.233. The van der Waals surface area contributed by atoms with Crippen molar-refractivity contribution in [2.45, 2.75) is 32.5 Å². The topological polar surface area (TPSA) is 134 Å². The van der Waals surface area contributed by atoms with Gasteiger partial charge >= 0.3 is 0 Å². The van der Waals surface area contributed by atoms with Crippen molar-refractivity contribution in [1.29, 1.82) is 0 Å². The number of anilines is 3. The Kier molecular flexibility index (Phi) is 7.35. The fourth-order valence-corrected chi connectivity index (χ4v) is 4.61. The van der Waals surface area contributed by atoms with E-state index >= 15 is 0 Å². The van der Waals surface area contributed by atoms with E-state index in [0.29, 0.717) is 40.2 Å². The summed E-state index contributed by atoms with van der Waals surface area (Å²) in [7, 11) is 5.53. The van der Waals surface area contributed by atoms with E-state index in [1.54, 1.807) is 31.1 Å². The fourth-order valence-electron chi connectivity index (χ4n) is 4.41. The second-order valence-electron chi connectivity index (χ2n) is 9.76. The van der Waals surface area contributed by atoms with E-state index in [0.717, 1.165) is 17.1 Å². The molecule has 5 rings (SSSR count). The molecular formula is C27H29ClN10O2. The zero-order valence-corrected chi connectivity index (χ0v) is 23.5. The van der Waals surface area contributed by atoms with Crippen LogP contribution in [0.5, 0.6) is 0 Å². The van der Waals surface area contributed by atoms with Gasteiger partial charge in [-0.15, -0.1) is 5.10 Å². The molecule has 0 saturated carbocycles. The molecule has 2 unspecified atom stereocenters. The molecule has 206 valence electrons. The first-order valence-corrected chi connectivity index (χ1v) is 13.0. The Morgan fingerprint density at radius 2 is 1.93 bits per heavy atom. The van der Waals surface area contributed by atoms with Crippen LogP contribution in [0.1, 0.15) is 41.5 Å². The van der Waals surface area contributed by atoms with Crippen molar-refractivity contribution in [1.82, 2.24) is 40.2 Å². The normalized spacial score (nSPS) is 14.1. The third-order valence-corrected chi connectivity index (χ3v) is 6.94. The van der Waals surface area contributed by atoms with Gasteiger partial charge in [0.2, 0.25) is 11.9 Å². The van der Waals surface area contributed by atoms with E-state index in [9.17, 15) is 9.59 Å². The van der Waals surface area contributed by atoms with Crippen LogP contribution in [0.4, 0.5) is 17.6 Å². The Hall–Kier alpha value is -4.58. The van der Waals surface area contributed by atoms with Gasteiger partial charge in [-0.3, -0.25) is 9.59 Å². The average Bonchev–Trinajstić information content (AvgIpc) is 3.50. The minimum Gasteiger partial charge on any atom is -0.363 e. The number of aromatic nitrogens is 6. The third-order valence-electron chi connectivity index (χ3n) is 6.66. The molecule has 4 aromatic rings. The van der Waals surface area contributed by atoms with E-state index < -0.39 is 6.04 Å². The van der Waals surface area contributed by atoms with Crippen LogP contribution >= 0.6 is 11.6 Å². The zero-order valence-electron chi connectivity index (χ0n) is 22.8. The molecule has 3 aromatic heterocycles. The molecular weight excluding hydrogens is 532 g/mol. The lowest BCUT2D eigenvalue weighted by Gasteiger charge is -2.25. The summed E-state index contributed by atoms with van der Waals surface area (Å²) in [6.07, 6.45) is 3.04. The number of hydrogen-bond acceptors (Lipinski definition) is 9. The van der Waals surface area contributed by atoms with Gasteiger partial charge in [0.05, 0.1) is 34.8 Å². The van der Waals surface area contributed by atoms with Gasteiger partial charge in [0.1, 0.15) is 11.9 Å². The second-order valence-corrected chi connectivity index (χ2v) is 10.2. The van der Waals surface area contributed by atoms with Gasteiger partial charge < -0.3 is 20.4 Å². The van der Waals surface area contributed by atoms with Gasteiger partial charge in [-0.2, -0.15) is 9.90 Å². The number of rotatable bonds is 8. The van der Waals surface area contributed by atoms with E-state index in [2.05, 4.69) is 35.8 Å². The van der Waals surface area contributed by atoms with Crippen molar-refractivity contribution in [2.24, 2.45) is 7.05 Å². The number of fused-ring (bicyclic) bond motifs is 1. The number of amides is 2. The van der Waals surface area contributed by atoms with Gasteiger partial charge in [-0.1, -0.05) is 29.8 Å². The Bertz CT molecular complexity index is 1590. The maximum absolute atomic E-state index is 13.4. The van der Waals surface area contributed by atoms with Crippen LogP contribution in [0.3, 0.4) is 0 Å². The lowest BCUT2D eigenvalue weighted by atomic mass is 10.0. The predicted molar refractivity (Wildman–Crippen MR) is 151 cm³/mol. The number of carbonyl (C=O) groups is 2. The van der Waals surface area contributed by atoms with E-state index in [4.69, 9.17) is 11.6 Å². The highest BCUT2D eigenvalue weighted by molar-refractivity contribution is 6.33. The molecule has 13 heteroatoms. The second kappa shape index (κ2) is 10.9. The smallest absolute Gasteiger partial charge is 0.255 e. The van der Waals surface area contributed by atoms with Crippen molar-refractivity contribution < 1.29 is 9.59 Å². The van der Waals surface area contributed by atoms with Crippen molar-refractivity contribution in [2.75, 3.05) is 24.3 Å².